The minimum absolute atomic E-state index is 0. The van der Waals surface area contributed by atoms with Crippen LogP contribution >= 0.6 is 0 Å². The predicted octanol–water partition coefficient (Wildman–Crippen LogP) is 4.79. The van der Waals surface area contributed by atoms with Crippen molar-refractivity contribution in [2.75, 3.05) is 18.0 Å². The van der Waals surface area contributed by atoms with E-state index >= 15 is 0 Å². The molecule has 0 saturated heterocycles. The summed E-state index contributed by atoms with van der Waals surface area (Å²) in [6, 6.07) is 34.0. The molecular weight excluding hydrogens is 506 g/mol. The van der Waals surface area contributed by atoms with Crippen molar-refractivity contribution in [1.29, 1.82) is 0 Å². The minimum atomic E-state index is 0. The number of rotatable bonds is 6. The SMILES string of the molecule is CCN(CC)c1ccc2nc3ccc(N=Nc4c(O)ccc5ccccc45)cc3[n+](-c3ccccc3)c2c1.[Cl-]. The van der Waals surface area contributed by atoms with Crippen LogP contribution in [0.25, 0.3) is 38.5 Å². The van der Waals surface area contributed by atoms with E-state index in [1.54, 1.807) is 6.07 Å². The molecule has 0 aliphatic rings. The third kappa shape index (κ3) is 4.87. The number of fused-ring (bicyclic) bond motifs is 3. The van der Waals surface area contributed by atoms with Crippen molar-refractivity contribution in [3.05, 3.63) is 103 Å². The van der Waals surface area contributed by atoms with Gasteiger partial charge in [0.25, 0.3) is 0 Å². The number of azo groups is 1. The summed E-state index contributed by atoms with van der Waals surface area (Å²) in [5.74, 6) is 0.101. The third-order valence-electron chi connectivity index (χ3n) is 6.93. The van der Waals surface area contributed by atoms with Crippen molar-refractivity contribution in [3.63, 3.8) is 0 Å². The van der Waals surface area contributed by atoms with Gasteiger partial charge in [0.15, 0.2) is 0 Å². The first-order valence-electron chi connectivity index (χ1n) is 12.9. The molecule has 194 valence electrons. The third-order valence-corrected chi connectivity index (χ3v) is 6.93. The number of aromatic nitrogens is 2. The molecule has 39 heavy (non-hydrogen) atoms. The fourth-order valence-corrected chi connectivity index (χ4v) is 4.99. The molecule has 6 rings (SSSR count). The van der Waals surface area contributed by atoms with Crippen molar-refractivity contribution in [2.45, 2.75) is 13.8 Å². The molecule has 0 saturated carbocycles. The lowest BCUT2D eigenvalue weighted by atomic mass is 10.1. The topological polar surface area (TPSA) is 65.0 Å². The van der Waals surface area contributed by atoms with Gasteiger partial charge in [-0.05, 0) is 49.6 Å². The van der Waals surface area contributed by atoms with Gasteiger partial charge in [0.05, 0.1) is 5.69 Å². The second-order valence-corrected chi connectivity index (χ2v) is 9.16. The Morgan fingerprint density at radius 3 is 2.21 bits per heavy atom. The molecule has 1 aromatic heterocycles. The summed E-state index contributed by atoms with van der Waals surface area (Å²) in [4.78, 5) is 7.31. The number of para-hydroxylation sites is 1. The number of hydrogen-bond acceptors (Lipinski definition) is 5. The van der Waals surface area contributed by atoms with Crippen LogP contribution in [0.4, 0.5) is 17.1 Å². The molecule has 6 aromatic rings. The van der Waals surface area contributed by atoms with Gasteiger partial charge in [0.1, 0.15) is 22.5 Å². The highest BCUT2D eigenvalue weighted by atomic mass is 35.5. The number of phenols is 1. The van der Waals surface area contributed by atoms with Crippen molar-refractivity contribution in [3.8, 4) is 11.4 Å². The van der Waals surface area contributed by atoms with Crippen LogP contribution in [0.5, 0.6) is 5.75 Å². The van der Waals surface area contributed by atoms with Crippen molar-refractivity contribution in [1.82, 2.24) is 4.98 Å². The number of phenolic OH excluding ortho intramolecular Hbond substituents is 1. The molecule has 0 radical (unpaired) electrons. The molecule has 0 fully saturated rings. The van der Waals surface area contributed by atoms with Crippen LogP contribution < -0.4 is 21.9 Å². The lowest BCUT2D eigenvalue weighted by Crippen LogP contribution is -3.00. The summed E-state index contributed by atoms with van der Waals surface area (Å²) in [5.41, 5.74) is 7.08. The molecule has 1 heterocycles. The van der Waals surface area contributed by atoms with E-state index in [1.807, 2.05) is 66.7 Å². The number of halogens is 1. The number of aromatic hydroxyl groups is 1. The Morgan fingerprint density at radius 1 is 0.744 bits per heavy atom. The predicted molar refractivity (Wildman–Crippen MR) is 154 cm³/mol. The Bertz CT molecular complexity index is 1820. The smallest absolute Gasteiger partial charge is 0.239 e. The van der Waals surface area contributed by atoms with E-state index in [4.69, 9.17) is 4.98 Å². The number of anilines is 1. The van der Waals surface area contributed by atoms with Crippen molar-refractivity contribution in [2.24, 2.45) is 10.2 Å². The fraction of sp³-hybridized carbons (Fsp3) is 0.125. The van der Waals surface area contributed by atoms with Crippen LogP contribution in [0.3, 0.4) is 0 Å². The summed E-state index contributed by atoms with van der Waals surface area (Å²) >= 11 is 0. The Labute approximate surface area is 233 Å². The van der Waals surface area contributed by atoms with Crippen LogP contribution in [0.2, 0.25) is 0 Å². The number of benzene rings is 5. The van der Waals surface area contributed by atoms with E-state index in [-0.39, 0.29) is 18.2 Å². The van der Waals surface area contributed by atoms with Crippen LogP contribution in [0.15, 0.2) is 113 Å². The molecule has 7 heteroatoms. The quantitative estimate of drug-likeness (QED) is 0.190. The lowest BCUT2D eigenvalue weighted by molar-refractivity contribution is -0.538. The molecule has 0 aliphatic carbocycles. The maximum absolute atomic E-state index is 10.5. The summed E-state index contributed by atoms with van der Waals surface area (Å²) in [7, 11) is 0. The van der Waals surface area contributed by atoms with E-state index < -0.39 is 0 Å². The van der Waals surface area contributed by atoms with E-state index in [9.17, 15) is 5.11 Å². The van der Waals surface area contributed by atoms with E-state index in [0.717, 1.165) is 57.3 Å². The fourth-order valence-electron chi connectivity index (χ4n) is 4.99. The number of hydrogen-bond donors (Lipinski definition) is 1. The van der Waals surface area contributed by atoms with Gasteiger partial charge in [-0.25, -0.2) is 4.98 Å². The molecule has 5 aromatic carbocycles. The summed E-state index contributed by atoms with van der Waals surface area (Å²) < 4.78 is 2.24. The second kappa shape index (κ2) is 11.1. The minimum Gasteiger partial charge on any atom is -1.00 e. The monoisotopic (exact) mass is 533 g/mol. The Morgan fingerprint density at radius 2 is 1.44 bits per heavy atom. The van der Waals surface area contributed by atoms with Gasteiger partial charge < -0.3 is 22.4 Å². The molecule has 6 nitrogen and oxygen atoms in total. The summed E-state index contributed by atoms with van der Waals surface area (Å²) in [6.45, 7) is 6.20. The molecule has 0 atom stereocenters. The highest BCUT2D eigenvalue weighted by molar-refractivity contribution is 5.95. The van der Waals surface area contributed by atoms with Gasteiger partial charge >= 0.3 is 0 Å². The molecule has 0 spiro atoms. The Balaban J connectivity index is 0.00000308. The standard InChI is InChI=1S/C32H27N5O.ClH/c1-3-36(4-2)25-16-18-28-30(21-25)37(24-11-6-5-7-12-24)29-20-23(15-17-27(29)33-28)34-35-32-26-13-9-8-10-22(26)14-19-31(32)38;/h5-21H,3-4H2,1-2H3;1H. The highest BCUT2D eigenvalue weighted by Crippen LogP contribution is 2.36. The zero-order valence-corrected chi connectivity index (χ0v) is 22.5. The summed E-state index contributed by atoms with van der Waals surface area (Å²) in [6.07, 6.45) is 0. The maximum atomic E-state index is 10.5. The Hall–Kier alpha value is -4.55. The molecule has 0 bridgehead atoms. The van der Waals surface area contributed by atoms with Gasteiger partial charge in [0.2, 0.25) is 16.7 Å². The van der Waals surface area contributed by atoms with E-state index in [2.05, 4.69) is 63.9 Å². The molecule has 0 amide bonds. The molecule has 0 unspecified atom stereocenters. The van der Waals surface area contributed by atoms with Gasteiger partial charge in [-0.15, -0.1) is 9.68 Å². The lowest BCUT2D eigenvalue weighted by Gasteiger charge is -2.20. The normalized spacial score (nSPS) is 11.3. The molecular formula is C32H28ClN5O. The average molecular weight is 534 g/mol. The second-order valence-electron chi connectivity index (χ2n) is 9.16. The average Bonchev–Trinajstić information content (AvgIpc) is 2.96. The first-order valence-corrected chi connectivity index (χ1v) is 12.9. The van der Waals surface area contributed by atoms with Crippen molar-refractivity contribution >= 4 is 49.9 Å². The molecule has 0 aliphatic heterocycles. The summed E-state index contributed by atoms with van der Waals surface area (Å²) in [5, 5.41) is 21.4. The van der Waals surface area contributed by atoms with Crippen LogP contribution in [0.1, 0.15) is 13.8 Å². The largest absolute Gasteiger partial charge is 1.00 e. The van der Waals surface area contributed by atoms with Gasteiger partial charge in [0, 0.05) is 48.4 Å². The van der Waals surface area contributed by atoms with Gasteiger partial charge in [-0.2, -0.15) is 5.11 Å². The molecule has 1 N–H and O–H groups in total. The van der Waals surface area contributed by atoms with Crippen molar-refractivity contribution < 1.29 is 22.1 Å². The first-order chi connectivity index (χ1) is 18.7. The highest BCUT2D eigenvalue weighted by Gasteiger charge is 2.21. The Kier molecular flexibility index (Phi) is 7.39. The first kappa shape index (κ1) is 26.1. The zero-order valence-electron chi connectivity index (χ0n) is 21.8. The zero-order chi connectivity index (χ0) is 26.1. The van der Waals surface area contributed by atoms with Gasteiger partial charge in [-0.3, -0.25) is 0 Å². The van der Waals surface area contributed by atoms with Crippen LogP contribution in [-0.4, -0.2) is 23.2 Å². The van der Waals surface area contributed by atoms with E-state index in [1.165, 1.54) is 0 Å². The number of nitrogens with zero attached hydrogens (tertiary/aromatic N) is 5. The van der Waals surface area contributed by atoms with Crippen LogP contribution in [-0.2, 0) is 0 Å². The maximum Gasteiger partial charge on any atom is 0.239 e. The van der Waals surface area contributed by atoms with E-state index in [0.29, 0.717) is 11.4 Å². The van der Waals surface area contributed by atoms with Gasteiger partial charge in [-0.1, -0.05) is 48.5 Å². The van der Waals surface area contributed by atoms with Crippen LogP contribution in [0, 0.1) is 0 Å².